The number of ether oxygens (including phenoxy) is 1. The molecule has 3 heteroatoms. The van der Waals surface area contributed by atoms with Gasteiger partial charge >= 0.3 is 0 Å². The van der Waals surface area contributed by atoms with E-state index in [9.17, 15) is 0 Å². The largest absolute Gasteiger partial charge is 0.489 e. The molecule has 128 valence electrons. The lowest BCUT2D eigenvalue weighted by Crippen LogP contribution is -2.01. The third-order valence-electron chi connectivity index (χ3n) is 4.12. The molecule has 0 atom stereocenters. The summed E-state index contributed by atoms with van der Waals surface area (Å²) >= 11 is 3.49. The predicted molar refractivity (Wildman–Crippen MR) is 108 cm³/mol. The smallest absolute Gasteiger partial charge is 0.119 e. The van der Waals surface area contributed by atoms with E-state index in [4.69, 9.17) is 4.74 Å². The van der Waals surface area contributed by atoms with E-state index in [0.717, 1.165) is 22.5 Å². The molecular formula is C22H22BrNO. The Kier molecular flexibility index (Phi) is 5.77. The highest BCUT2D eigenvalue weighted by Crippen LogP contribution is 2.21. The van der Waals surface area contributed by atoms with Crippen LogP contribution in [0.25, 0.3) is 0 Å². The molecule has 0 saturated heterocycles. The number of rotatable bonds is 6. The second-order valence-electron chi connectivity index (χ2n) is 6.23. The summed E-state index contributed by atoms with van der Waals surface area (Å²) in [5.41, 5.74) is 6.06. The molecule has 1 N–H and O–H groups in total. The van der Waals surface area contributed by atoms with E-state index >= 15 is 0 Å². The molecule has 0 bridgehead atoms. The zero-order chi connectivity index (χ0) is 17.6. The lowest BCUT2D eigenvalue weighted by Gasteiger charge is -2.11. The highest BCUT2D eigenvalue weighted by atomic mass is 79.9. The Balaban J connectivity index is 1.54. The lowest BCUT2D eigenvalue weighted by atomic mass is 10.1. The zero-order valence-electron chi connectivity index (χ0n) is 14.6. The minimum Gasteiger partial charge on any atom is -0.489 e. The van der Waals surface area contributed by atoms with Crippen LogP contribution in [0.5, 0.6) is 5.75 Å². The van der Waals surface area contributed by atoms with Crippen molar-refractivity contribution >= 4 is 21.6 Å². The molecule has 0 amide bonds. The molecule has 3 aromatic carbocycles. The summed E-state index contributed by atoms with van der Waals surface area (Å²) < 4.78 is 6.96. The van der Waals surface area contributed by atoms with E-state index in [1.807, 2.05) is 12.1 Å². The molecule has 3 rings (SSSR count). The predicted octanol–water partition coefficient (Wildman–Crippen LogP) is 6.26. The van der Waals surface area contributed by atoms with Crippen LogP contribution in [-0.2, 0) is 13.2 Å². The molecule has 0 unspecified atom stereocenters. The van der Waals surface area contributed by atoms with Gasteiger partial charge in [0.25, 0.3) is 0 Å². The average molecular weight is 396 g/mol. The Morgan fingerprint density at radius 3 is 2.20 bits per heavy atom. The van der Waals surface area contributed by atoms with Crippen LogP contribution < -0.4 is 10.1 Å². The van der Waals surface area contributed by atoms with Gasteiger partial charge in [0.05, 0.1) is 0 Å². The van der Waals surface area contributed by atoms with Gasteiger partial charge in [-0.25, -0.2) is 0 Å². The van der Waals surface area contributed by atoms with Gasteiger partial charge < -0.3 is 10.1 Å². The number of benzene rings is 3. The highest BCUT2D eigenvalue weighted by Gasteiger charge is 2.01. The molecule has 0 aliphatic carbocycles. The molecule has 25 heavy (non-hydrogen) atoms. The second kappa shape index (κ2) is 8.21. The van der Waals surface area contributed by atoms with Crippen LogP contribution in [0.3, 0.4) is 0 Å². The van der Waals surface area contributed by atoms with E-state index in [2.05, 4.69) is 89.7 Å². The SMILES string of the molecule is Cc1ccc(COc2ccc(CNc3ccc(Br)cc3C)cc2)cc1. The molecule has 0 saturated carbocycles. The van der Waals surface area contributed by atoms with Crippen LogP contribution in [0.15, 0.2) is 71.2 Å². The van der Waals surface area contributed by atoms with E-state index in [1.165, 1.54) is 22.3 Å². The first-order valence-corrected chi connectivity index (χ1v) is 9.17. The molecule has 0 spiro atoms. The van der Waals surface area contributed by atoms with Crippen molar-refractivity contribution in [3.63, 3.8) is 0 Å². The van der Waals surface area contributed by atoms with Crippen LogP contribution in [0, 0.1) is 13.8 Å². The molecule has 0 radical (unpaired) electrons. The summed E-state index contributed by atoms with van der Waals surface area (Å²) in [5.74, 6) is 0.893. The average Bonchev–Trinajstić information content (AvgIpc) is 2.61. The number of halogens is 1. The van der Waals surface area contributed by atoms with E-state index in [1.54, 1.807) is 0 Å². The van der Waals surface area contributed by atoms with Gasteiger partial charge in [-0.3, -0.25) is 0 Å². The van der Waals surface area contributed by atoms with Gasteiger partial charge in [0.1, 0.15) is 12.4 Å². The summed E-state index contributed by atoms with van der Waals surface area (Å²) in [6.45, 7) is 5.58. The standard InChI is InChI=1S/C22H22BrNO/c1-16-3-5-19(6-4-16)15-25-21-10-7-18(8-11-21)14-24-22-12-9-20(23)13-17(22)2/h3-13,24H,14-15H2,1-2H3. The Bertz CT molecular complexity index is 826. The summed E-state index contributed by atoms with van der Waals surface area (Å²) in [7, 11) is 0. The van der Waals surface area contributed by atoms with Crippen LogP contribution >= 0.6 is 15.9 Å². The quantitative estimate of drug-likeness (QED) is 0.531. The maximum atomic E-state index is 5.86. The monoisotopic (exact) mass is 395 g/mol. The van der Waals surface area contributed by atoms with E-state index in [-0.39, 0.29) is 0 Å². The Morgan fingerprint density at radius 2 is 1.52 bits per heavy atom. The van der Waals surface area contributed by atoms with Crippen LogP contribution in [-0.4, -0.2) is 0 Å². The van der Waals surface area contributed by atoms with Crippen molar-refractivity contribution in [2.45, 2.75) is 27.0 Å². The van der Waals surface area contributed by atoms with Crippen molar-refractivity contribution in [1.82, 2.24) is 0 Å². The van der Waals surface area contributed by atoms with Gasteiger partial charge in [0.2, 0.25) is 0 Å². The van der Waals surface area contributed by atoms with Crippen molar-refractivity contribution in [2.75, 3.05) is 5.32 Å². The first kappa shape index (κ1) is 17.6. The van der Waals surface area contributed by atoms with Gasteiger partial charge in [-0.2, -0.15) is 0 Å². The van der Waals surface area contributed by atoms with Crippen LogP contribution in [0.1, 0.15) is 22.3 Å². The van der Waals surface area contributed by atoms with Gasteiger partial charge in [0.15, 0.2) is 0 Å². The molecule has 3 aromatic rings. The van der Waals surface area contributed by atoms with Crippen molar-refractivity contribution in [3.8, 4) is 5.75 Å². The number of hydrogen-bond donors (Lipinski definition) is 1. The van der Waals surface area contributed by atoms with Crippen LogP contribution in [0.4, 0.5) is 5.69 Å². The number of anilines is 1. The molecular weight excluding hydrogens is 374 g/mol. The van der Waals surface area contributed by atoms with Crippen molar-refractivity contribution < 1.29 is 4.74 Å². The number of aryl methyl sites for hydroxylation is 2. The fraction of sp³-hybridized carbons (Fsp3) is 0.182. The second-order valence-corrected chi connectivity index (χ2v) is 7.15. The maximum absolute atomic E-state index is 5.86. The maximum Gasteiger partial charge on any atom is 0.119 e. The van der Waals surface area contributed by atoms with Crippen LogP contribution in [0.2, 0.25) is 0 Å². The normalized spacial score (nSPS) is 10.5. The topological polar surface area (TPSA) is 21.3 Å². The molecule has 0 aliphatic rings. The summed E-state index contributed by atoms with van der Waals surface area (Å²) in [6.07, 6.45) is 0. The molecule has 2 nitrogen and oxygen atoms in total. The first-order valence-electron chi connectivity index (χ1n) is 8.37. The van der Waals surface area contributed by atoms with Crippen molar-refractivity contribution in [2.24, 2.45) is 0 Å². The Hall–Kier alpha value is -2.26. The Labute approximate surface area is 158 Å². The molecule has 0 heterocycles. The minimum atomic E-state index is 0.593. The fourth-order valence-electron chi connectivity index (χ4n) is 2.58. The molecule has 0 fully saturated rings. The van der Waals surface area contributed by atoms with Crippen molar-refractivity contribution in [1.29, 1.82) is 0 Å². The number of nitrogens with one attached hydrogen (secondary N) is 1. The summed E-state index contributed by atoms with van der Waals surface area (Å²) in [6, 6.07) is 23.0. The minimum absolute atomic E-state index is 0.593. The first-order chi connectivity index (χ1) is 12.1. The van der Waals surface area contributed by atoms with Gasteiger partial charge in [-0.1, -0.05) is 57.9 Å². The third kappa shape index (κ3) is 5.10. The molecule has 0 aromatic heterocycles. The van der Waals surface area contributed by atoms with Gasteiger partial charge in [0, 0.05) is 16.7 Å². The Morgan fingerprint density at radius 1 is 0.840 bits per heavy atom. The lowest BCUT2D eigenvalue weighted by molar-refractivity contribution is 0.306. The fourth-order valence-corrected chi connectivity index (χ4v) is 3.05. The van der Waals surface area contributed by atoms with E-state index < -0.39 is 0 Å². The summed E-state index contributed by atoms with van der Waals surface area (Å²) in [4.78, 5) is 0. The van der Waals surface area contributed by atoms with Crippen molar-refractivity contribution in [3.05, 3.63) is 93.5 Å². The molecule has 0 aliphatic heterocycles. The zero-order valence-corrected chi connectivity index (χ0v) is 16.1. The van der Waals surface area contributed by atoms with Gasteiger partial charge in [-0.05, 0) is 60.9 Å². The van der Waals surface area contributed by atoms with E-state index in [0.29, 0.717) is 6.61 Å². The summed E-state index contributed by atoms with van der Waals surface area (Å²) in [5, 5.41) is 3.48. The van der Waals surface area contributed by atoms with Gasteiger partial charge in [-0.15, -0.1) is 0 Å². The number of hydrogen-bond acceptors (Lipinski definition) is 2. The third-order valence-corrected chi connectivity index (χ3v) is 4.61. The highest BCUT2D eigenvalue weighted by molar-refractivity contribution is 9.10.